The van der Waals surface area contributed by atoms with Gasteiger partial charge in [0, 0.05) is 0 Å². The van der Waals surface area contributed by atoms with E-state index in [1.54, 1.807) is 0 Å². The van der Waals surface area contributed by atoms with Crippen molar-refractivity contribution >= 4 is 0 Å². The van der Waals surface area contributed by atoms with Crippen molar-refractivity contribution in [3.8, 4) is 0 Å². The first kappa shape index (κ1) is 53.1. The van der Waals surface area contributed by atoms with Crippen LogP contribution in [0.1, 0.15) is 0 Å². The molecule has 31 valence electrons. The van der Waals surface area contributed by atoms with E-state index in [-0.39, 0.29) is 83.6 Å². The van der Waals surface area contributed by atoms with Gasteiger partial charge in [0.1, 0.15) is 0 Å². The van der Waals surface area contributed by atoms with Crippen molar-refractivity contribution in [3.63, 3.8) is 0 Å². The largest absolute Gasteiger partial charge is 2.00 e. The van der Waals surface area contributed by atoms with Crippen molar-refractivity contribution in [1.82, 2.24) is 0 Å². The summed E-state index contributed by atoms with van der Waals surface area (Å²) in [6.07, 6.45) is 0. The third-order valence-electron chi connectivity index (χ3n) is 0. The van der Waals surface area contributed by atoms with E-state index < -0.39 is 0 Å². The second-order valence-electron chi connectivity index (χ2n) is 0. The molecule has 0 bridgehead atoms. The number of halogens is 3. The monoisotopic (exact) mass is 187 g/mol. The van der Waals surface area contributed by atoms with Gasteiger partial charge in [-0.25, -0.2) is 0 Å². The Balaban J connectivity index is 0. The number of hydrogen-bond acceptors (Lipinski definition) is 0. The van der Waals surface area contributed by atoms with E-state index in [9.17, 15) is 0 Å². The quantitative estimate of drug-likeness (QED) is 0.331. The van der Waals surface area contributed by atoms with E-state index in [4.69, 9.17) is 0 Å². The van der Waals surface area contributed by atoms with Gasteiger partial charge in [-0.3, -0.25) is 0 Å². The molecule has 5 heavy (non-hydrogen) atoms. The predicted molar refractivity (Wildman–Crippen MR) is 0 cm³/mol. The van der Waals surface area contributed by atoms with Crippen molar-refractivity contribution < 1.29 is 83.6 Å². The maximum Gasteiger partial charge on any atom is 2.00 e. The molecule has 5 heteroatoms. The summed E-state index contributed by atoms with van der Waals surface area (Å²) in [6.45, 7) is 0. The first-order valence-corrected chi connectivity index (χ1v) is 0. The normalized spacial score (nSPS) is 0. The average Bonchev–Trinajstić information content (AvgIpc) is 0. The summed E-state index contributed by atoms with van der Waals surface area (Å²) < 4.78 is 0. The van der Waals surface area contributed by atoms with Crippen LogP contribution in [0.25, 0.3) is 0 Å². The molecule has 0 saturated carbocycles. The van der Waals surface area contributed by atoms with Crippen LogP contribution < -0.4 is 66.8 Å². The predicted octanol–water partition coefficient (Wildman–Crippen LogP) is -12.0. The minimum absolute atomic E-state index is 0. The maximum atomic E-state index is 0. The Labute approximate surface area is 82.6 Å². The molecular weight excluding hydrogens is 188 g/mol. The summed E-state index contributed by atoms with van der Waals surface area (Å²) >= 11 is 0. The molecule has 0 spiro atoms. The van der Waals surface area contributed by atoms with E-state index in [0.717, 1.165) is 0 Å². The number of hydrogen-bond donors (Lipinski definition) is 0. The fourth-order valence-electron chi connectivity index (χ4n) is 0. The van der Waals surface area contributed by atoms with Gasteiger partial charge in [0.25, 0.3) is 0 Å². The summed E-state index contributed by atoms with van der Waals surface area (Å²) in [7, 11) is 0. The van der Waals surface area contributed by atoms with Gasteiger partial charge in [0.2, 0.25) is 0 Å². The molecule has 0 atom stereocenters. The summed E-state index contributed by atoms with van der Waals surface area (Å²) in [5.41, 5.74) is 0. The van der Waals surface area contributed by atoms with E-state index in [1.807, 2.05) is 0 Å². The first-order valence-electron chi connectivity index (χ1n) is 0. The van der Waals surface area contributed by atoms with Crippen LogP contribution in [0.3, 0.4) is 0 Å². The second-order valence-corrected chi connectivity index (χ2v) is 0. The van der Waals surface area contributed by atoms with Gasteiger partial charge in [-0.15, -0.1) is 0 Å². The van der Waals surface area contributed by atoms with Crippen LogP contribution in [0.15, 0.2) is 0 Å². The van der Waals surface area contributed by atoms with Crippen LogP contribution in [0.5, 0.6) is 0 Å². The Hall–Kier alpha value is 2.38. The molecule has 0 unspecified atom stereocenters. The Morgan fingerprint density at radius 2 is 0.600 bits per heavy atom. The zero-order valence-corrected chi connectivity index (χ0v) is 7.78. The Kier molecular flexibility index (Phi) is 347. The molecule has 0 aliphatic carbocycles. The third kappa shape index (κ3) is 21.6. The Morgan fingerprint density at radius 3 is 0.600 bits per heavy atom. The van der Waals surface area contributed by atoms with E-state index in [1.165, 1.54) is 0 Å². The molecule has 0 aromatic rings. The third-order valence-corrected chi connectivity index (χ3v) is 0. The summed E-state index contributed by atoms with van der Waals surface area (Å²) in [5, 5.41) is 0. The van der Waals surface area contributed by atoms with Gasteiger partial charge in [0.05, 0.1) is 0 Å². The summed E-state index contributed by atoms with van der Waals surface area (Å²) in [6, 6.07) is 0. The molecule has 0 nitrogen and oxygen atoms in total. The molecule has 0 amide bonds. The zero-order valence-electron chi connectivity index (χ0n) is 2.47. The molecule has 0 heterocycles. The molecular formula is Cl3CoNa. The van der Waals surface area contributed by atoms with E-state index in [2.05, 4.69) is 0 Å². The minimum Gasteiger partial charge on any atom is -1.00 e. The maximum absolute atomic E-state index is 0. The van der Waals surface area contributed by atoms with Crippen molar-refractivity contribution in [2.45, 2.75) is 0 Å². The Bertz CT molecular complexity index is 6.85. The van der Waals surface area contributed by atoms with Crippen LogP contribution in [0, 0.1) is 0 Å². The van der Waals surface area contributed by atoms with Crippen molar-refractivity contribution in [2.24, 2.45) is 0 Å². The van der Waals surface area contributed by atoms with Crippen molar-refractivity contribution in [3.05, 3.63) is 0 Å². The first-order chi connectivity index (χ1) is 0. The molecule has 0 aliphatic rings. The molecule has 0 N–H and O–H groups in total. The molecule has 1 radical (unpaired) electrons. The molecule has 0 rings (SSSR count). The topological polar surface area (TPSA) is 0 Å². The number of rotatable bonds is 0. The van der Waals surface area contributed by atoms with Crippen LogP contribution >= 0.6 is 0 Å². The molecule has 0 saturated heterocycles. The Morgan fingerprint density at radius 1 is 0.600 bits per heavy atom. The molecule has 0 aromatic heterocycles. The van der Waals surface area contributed by atoms with E-state index in [0.29, 0.717) is 0 Å². The smallest absolute Gasteiger partial charge is 1.00 e. The van der Waals surface area contributed by atoms with Gasteiger partial charge in [0.15, 0.2) is 0 Å². The van der Waals surface area contributed by atoms with Gasteiger partial charge < -0.3 is 37.2 Å². The van der Waals surface area contributed by atoms with Crippen molar-refractivity contribution in [1.29, 1.82) is 0 Å². The van der Waals surface area contributed by atoms with Gasteiger partial charge in [-0.05, 0) is 0 Å². The molecule has 0 aromatic carbocycles. The molecule has 0 aliphatic heterocycles. The van der Waals surface area contributed by atoms with Crippen LogP contribution in [0.2, 0.25) is 0 Å². The standard InChI is InChI=1S/3ClH.Co.Na/h3*1H;;/q;;;+2;+1/p-3. The fourth-order valence-corrected chi connectivity index (χ4v) is 0. The minimum atomic E-state index is 0. The second kappa shape index (κ2) is 32.6. The van der Waals surface area contributed by atoms with Crippen LogP contribution in [0.4, 0.5) is 0 Å². The van der Waals surface area contributed by atoms with Gasteiger partial charge in [-0.2, -0.15) is 0 Å². The summed E-state index contributed by atoms with van der Waals surface area (Å²) in [4.78, 5) is 0. The zero-order chi connectivity index (χ0) is 0. The van der Waals surface area contributed by atoms with Gasteiger partial charge in [-0.1, -0.05) is 0 Å². The molecule has 0 fully saturated rings. The SMILES string of the molecule is [Cl-].[Cl-].[Cl-].[Co+2].[Na+]. The fraction of sp³-hybridized carbons (Fsp3) is 0. The van der Waals surface area contributed by atoms with Crippen LogP contribution in [-0.2, 0) is 16.8 Å². The summed E-state index contributed by atoms with van der Waals surface area (Å²) in [5.74, 6) is 0. The van der Waals surface area contributed by atoms with Crippen molar-refractivity contribution in [2.75, 3.05) is 0 Å². The van der Waals surface area contributed by atoms with E-state index >= 15 is 0 Å². The van der Waals surface area contributed by atoms with Gasteiger partial charge >= 0.3 is 46.3 Å². The van der Waals surface area contributed by atoms with Crippen LogP contribution in [-0.4, -0.2) is 0 Å². The average molecular weight is 188 g/mol.